The van der Waals surface area contributed by atoms with Gasteiger partial charge >= 0.3 is 0 Å². The third kappa shape index (κ3) is 3.92. The second kappa shape index (κ2) is 5.39. The van der Waals surface area contributed by atoms with E-state index in [2.05, 4.69) is 59.4 Å². The van der Waals surface area contributed by atoms with E-state index in [1.165, 1.54) is 5.56 Å². The van der Waals surface area contributed by atoms with E-state index in [0.29, 0.717) is 5.92 Å². The van der Waals surface area contributed by atoms with Crippen molar-refractivity contribution < 1.29 is 4.74 Å². The summed E-state index contributed by atoms with van der Waals surface area (Å²) < 4.78 is 5.79. The summed E-state index contributed by atoms with van der Waals surface area (Å²) in [6.07, 6.45) is 1.87. The van der Waals surface area contributed by atoms with Crippen LogP contribution in [-0.4, -0.2) is 6.61 Å². The van der Waals surface area contributed by atoms with E-state index in [-0.39, 0.29) is 5.41 Å². The van der Waals surface area contributed by atoms with Crippen molar-refractivity contribution in [3.05, 3.63) is 35.9 Å². The molecule has 0 heterocycles. The Kier molecular flexibility index (Phi) is 4.39. The van der Waals surface area contributed by atoms with Crippen LogP contribution in [0.4, 0.5) is 0 Å². The van der Waals surface area contributed by atoms with Crippen LogP contribution in [0.15, 0.2) is 24.8 Å². The summed E-state index contributed by atoms with van der Waals surface area (Å²) in [7, 11) is 0. The monoisotopic (exact) mass is 232 g/mol. The fraction of sp³-hybridized carbons (Fsp3) is 0.500. The van der Waals surface area contributed by atoms with E-state index < -0.39 is 0 Å². The van der Waals surface area contributed by atoms with Gasteiger partial charge in [0.25, 0.3) is 0 Å². The lowest BCUT2D eigenvalue weighted by Crippen LogP contribution is -2.12. The molecule has 1 aromatic carbocycles. The predicted molar refractivity (Wildman–Crippen MR) is 75.6 cm³/mol. The Bertz CT molecular complexity index is 383. The minimum Gasteiger partial charge on any atom is -0.493 e. The highest BCUT2D eigenvalue weighted by Gasteiger charge is 2.15. The van der Waals surface area contributed by atoms with Crippen molar-refractivity contribution in [2.75, 3.05) is 6.61 Å². The molecular formula is C16H24O. The molecule has 0 N–H and O–H groups in total. The number of ether oxygens (including phenoxy) is 1. The van der Waals surface area contributed by atoms with Crippen LogP contribution in [0.1, 0.15) is 45.7 Å². The number of rotatable bonds is 4. The van der Waals surface area contributed by atoms with Gasteiger partial charge in [0.15, 0.2) is 0 Å². The molecule has 0 aromatic heterocycles. The number of hydrogen-bond donors (Lipinski definition) is 0. The van der Waals surface area contributed by atoms with Crippen LogP contribution in [0.25, 0.3) is 6.08 Å². The molecule has 0 aliphatic heterocycles. The van der Waals surface area contributed by atoms with Crippen molar-refractivity contribution >= 4 is 6.08 Å². The topological polar surface area (TPSA) is 9.23 Å². The van der Waals surface area contributed by atoms with Gasteiger partial charge in [0.2, 0.25) is 0 Å². The highest BCUT2D eigenvalue weighted by Crippen LogP contribution is 2.28. The maximum Gasteiger partial charge on any atom is 0.126 e. The van der Waals surface area contributed by atoms with Crippen molar-refractivity contribution in [2.45, 2.75) is 40.0 Å². The summed E-state index contributed by atoms with van der Waals surface area (Å²) in [4.78, 5) is 0. The van der Waals surface area contributed by atoms with Crippen LogP contribution in [-0.2, 0) is 5.41 Å². The van der Waals surface area contributed by atoms with Gasteiger partial charge in [-0.25, -0.2) is 0 Å². The molecule has 0 saturated heterocycles. The third-order valence-electron chi connectivity index (χ3n) is 2.67. The second-order valence-electron chi connectivity index (χ2n) is 5.91. The molecule has 0 spiro atoms. The molecule has 0 saturated carbocycles. The van der Waals surface area contributed by atoms with Gasteiger partial charge in [0.1, 0.15) is 5.75 Å². The molecule has 17 heavy (non-hydrogen) atoms. The molecule has 1 aromatic rings. The first-order chi connectivity index (χ1) is 7.84. The Balaban J connectivity index is 2.98. The molecule has 0 aliphatic carbocycles. The summed E-state index contributed by atoms with van der Waals surface area (Å²) in [6, 6.07) is 6.37. The van der Waals surface area contributed by atoms with Crippen LogP contribution < -0.4 is 4.74 Å². The minimum atomic E-state index is 0.161. The first-order valence-corrected chi connectivity index (χ1v) is 6.24. The normalized spacial score (nSPS) is 11.6. The summed E-state index contributed by atoms with van der Waals surface area (Å²) in [5.74, 6) is 1.47. The van der Waals surface area contributed by atoms with Crippen LogP contribution in [0.2, 0.25) is 0 Å². The fourth-order valence-corrected chi connectivity index (χ4v) is 1.56. The van der Waals surface area contributed by atoms with Gasteiger partial charge in [0, 0.05) is 5.56 Å². The molecule has 1 rings (SSSR count). The van der Waals surface area contributed by atoms with Crippen LogP contribution in [0.3, 0.4) is 0 Å². The molecule has 1 nitrogen and oxygen atoms in total. The minimum absolute atomic E-state index is 0.161. The molecule has 1 heteroatoms. The maximum atomic E-state index is 5.79. The number of benzene rings is 1. The largest absolute Gasteiger partial charge is 0.493 e. The Morgan fingerprint density at radius 2 is 1.94 bits per heavy atom. The van der Waals surface area contributed by atoms with Crippen LogP contribution in [0, 0.1) is 5.92 Å². The standard InChI is InChI=1S/C16H24O/c1-7-13-10-14(16(4,5)6)8-9-15(13)17-11-12(2)3/h7-10,12H,1,11H2,2-6H3. The molecular weight excluding hydrogens is 208 g/mol. The van der Waals surface area contributed by atoms with Gasteiger partial charge in [-0.3, -0.25) is 0 Å². The first-order valence-electron chi connectivity index (χ1n) is 6.24. The summed E-state index contributed by atoms with van der Waals surface area (Å²) >= 11 is 0. The maximum absolute atomic E-state index is 5.79. The Morgan fingerprint density at radius 1 is 1.29 bits per heavy atom. The lowest BCUT2D eigenvalue weighted by atomic mass is 9.86. The average molecular weight is 232 g/mol. The van der Waals surface area contributed by atoms with Crippen LogP contribution >= 0.6 is 0 Å². The van der Waals surface area contributed by atoms with E-state index in [9.17, 15) is 0 Å². The van der Waals surface area contributed by atoms with Gasteiger partial charge < -0.3 is 4.74 Å². The molecule has 0 fully saturated rings. The SMILES string of the molecule is C=Cc1cc(C(C)(C)C)ccc1OCC(C)C. The van der Waals surface area contributed by atoms with E-state index in [0.717, 1.165) is 17.9 Å². The van der Waals surface area contributed by atoms with Gasteiger partial charge in [-0.05, 0) is 29.0 Å². The second-order valence-corrected chi connectivity index (χ2v) is 5.91. The van der Waals surface area contributed by atoms with Crippen molar-refractivity contribution in [2.24, 2.45) is 5.92 Å². The van der Waals surface area contributed by atoms with Gasteiger partial charge in [0.05, 0.1) is 6.61 Å². The van der Waals surface area contributed by atoms with Crippen molar-refractivity contribution in [1.82, 2.24) is 0 Å². The van der Waals surface area contributed by atoms with E-state index in [4.69, 9.17) is 4.74 Å². The lowest BCUT2D eigenvalue weighted by molar-refractivity contribution is 0.270. The average Bonchev–Trinajstić information content (AvgIpc) is 2.24. The Hall–Kier alpha value is -1.24. The van der Waals surface area contributed by atoms with Gasteiger partial charge in [-0.1, -0.05) is 53.3 Å². The molecule has 0 aliphatic rings. The molecule has 0 unspecified atom stereocenters. The van der Waals surface area contributed by atoms with Crippen molar-refractivity contribution in [1.29, 1.82) is 0 Å². The summed E-state index contributed by atoms with van der Waals surface area (Å²) in [6.45, 7) is 15.5. The van der Waals surface area contributed by atoms with Crippen LogP contribution in [0.5, 0.6) is 5.75 Å². The summed E-state index contributed by atoms with van der Waals surface area (Å²) in [5, 5.41) is 0. The fourth-order valence-electron chi connectivity index (χ4n) is 1.56. The van der Waals surface area contributed by atoms with E-state index >= 15 is 0 Å². The van der Waals surface area contributed by atoms with Gasteiger partial charge in [-0.2, -0.15) is 0 Å². The van der Waals surface area contributed by atoms with Gasteiger partial charge in [-0.15, -0.1) is 0 Å². The highest BCUT2D eigenvalue weighted by molar-refractivity contribution is 5.57. The molecule has 94 valence electrons. The summed E-state index contributed by atoms with van der Waals surface area (Å²) in [5.41, 5.74) is 2.55. The first kappa shape index (κ1) is 13.8. The molecule has 0 atom stereocenters. The molecule has 0 bridgehead atoms. The Labute approximate surface area is 106 Å². The highest BCUT2D eigenvalue weighted by atomic mass is 16.5. The quantitative estimate of drug-likeness (QED) is 0.733. The lowest BCUT2D eigenvalue weighted by Gasteiger charge is -2.21. The van der Waals surface area contributed by atoms with E-state index in [1.807, 2.05) is 6.08 Å². The Morgan fingerprint density at radius 3 is 2.41 bits per heavy atom. The molecule has 0 amide bonds. The zero-order valence-corrected chi connectivity index (χ0v) is 11.7. The van der Waals surface area contributed by atoms with E-state index in [1.54, 1.807) is 0 Å². The molecule has 0 radical (unpaired) electrons. The zero-order valence-electron chi connectivity index (χ0n) is 11.7. The van der Waals surface area contributed by atoms with Crippen molar-refractivity contribution in [3.8, 4) is 5.75 Å². The predicted octanol–water partition coefficient (Wildman–Crippen LogP) is 4.66. The number of hydrogen-bond acceptors (Lipinski definition) is 1. The third-order valence-corrected chi connectivity index (χ3v) is 2.67. The zero-order chi connectivity index (χ0) is 13.1. The smallest absolute Gasteiger partial charge is 0.126 e. The van der Waals surface area contributed by atoms with Crippen molar-refractivity contribution in [3.63, 3.8) is 0 Å².